The Morgan fingerprint density at radius 1 is 1.07 bits per heavy atom. The van der Waals surface area contributed by atoms with Crippen molar-refractivity contribution in [1.82, 2.24) is 0 Å². The Hall–Kier alpha value is -2.34. The molecule has 0 bridgehead atoms. The van der Waals surface area contributed by atoms with Crippen molar-refractivity contribution in [3.05, 3.63) is 52.0 Å². The molecule has 6 heteroatoms. The minimum absolute atomic E-state index is 0.0595. The molecule has 0 unspecified atom stereocenters. The van der Waals surface area contributed by atoms with E-state index in [2.05, 4.69) is 42.0 Å². The fourth-order valence-electron chi connectivity index (χ4n) is 2.50. The van der Waals surface area contributed by atoms with E-state index in [0.29, 0.717) is 22.7 Å². The predicted molar refractivity (Wildman–Crippen MR) is 110 cm³/mol. The van der Waals surface area contributed by atoms with Crippen LogP contribution >= 0.6 is 15.9 Å². The number of halogens is 1. The van der Waals surface area contributed by atoms with E-state index in [1.165, 1.54) is 6.92 Å². The lowest BCUT2D eigenvalue weighted by atomic mass is 9.87. The van der Waals surface area contributed by atoms with E-state index < -0.39 is 0 Å². The van der Waals surface area contributed by atoms with Crippen LogP contribution in [0.5, 0.6) is 11.5 Å². The fraction of sp³-hybridized carbons (Fsp3) is 0.333. The van der Waals surface area contributed by atoms with Gasteiger partial charge in [-0.1, -0.05) is 42.8 Å². The van der Waals surface area contributed by atoms with Gasteiger partial charge in [-0.15, -0.1) is 0 Å². The first-order chi connectivity index (χ1) is 12.6. The molecule has 0 aliphatic heterocycles. The number of hydrogen-bond donors (Lipinski definition) is 1. The van der Waals surface area contributed by atoms with E-state index in [-0.39, 0.29) is 23.7 Å². The zero-order valence-electron chi connectivity index (χ0n) is 16.2. The van der Waals surface area contributed by atoms with Crippen LogP contribution in [0.4, 0.5) is 5.69 Å². The van der Waals surface area contributed by atoms with E-state index in [4.69, 9.17) is 9.47 Å². The highest BCUT2D eigenvalue weighted by molar-refractivity contribution is 9.10. The summed E-state index contributed by atoms with van der Waals surface area (Å²) in [7, 11) is 1.55. The largest absolute Gasteiger partial charge is 0.495 e. The summed E-state index contributed by atoms with van der Waals surface area (Å²) in [6.45, 7) is 7.53. The Balaban J connectivity index is 2.14. The SMILES string of the molecule is COc1ccc(C(C)(C)C)cc1NC(=O)COc1ccc(Br)cc1C(C)=O. The molecule has 0 fully saturated rings. The summed E-state index contributed by atoms with van der Waals surface area (Å²) in [5.74, 6) is 0.476. The molecule has 2 aromatic rings. The van der Waals surface area contributed by atoms with E-state index in [0.717, 1.165) is 10.0 Å². The van der Waals surface area contributed by atoms with Crippen LogP contribution in [0.2, 0.25) is 0 Å². The van der Waals surface area contributed by atoms with E-state index in [1.54, 1.807) is 25.3 Å². The van der Waals surface area contributed by atoms with Crippen molar-refractivity contribution in [2.45, 2.75) is 33.1 Å². The van der Waals surface area contributed by atoms with Crippen LogP contribution in [0.25, 0.3) is 0 Å². The van der Waals surface area contributed by atoms with Gasteiger partial charge in [0.25, 0.3) is 5.91 Å². The molecule has 0 radical (unpaired) electrons. The third kappa shape index (κ3) is 5.57. The zero-order chi connectivity index (χ0) is 20.2. The maximum atomic E-state index is 12.4. The van der Waals surface area contributed by atoms with Crippen LogP contribution in [-0.2, 0) is 10.2 Å². The molecule has 0 saturated heterocycles. The number of nitrogens with one attached hydrogen (secondary N) is 1. The zero-order valence-corrected chi connectivity index (χ0v) is 17.8. The standard InChI is InChI=1S/C21H24BrNO4/c1-13(24)16-11-15(22)7-9-18(16)27-12-20(25)23-17-10-14(21(2,3)4)6-8-19(17)26-5/h6-11H,12H2,1-5H3,(H,23,25). The minimum Gasteiger partial charge on any atom is -0.495 e. The second-order valence-electron chi connectivity index (χ2n) is 7.20. The van der Waals surface area contributed by atoms with Crippen molar-refractivity contribution in [2.75, 3.05) is 19.0 Å². The third-order valence-electron chi connectivity index (χ3n) is 4.02. The number of amides is 1. The second-order valence-corrected chi connectivity index (χ2v) is 8.11. The number of anilines is 1. The maximum Gasteiger partial charge on any atom is 0.262 e. The number of carbonyl (C=O) groups excluding carboxylic acids is 2. The smallest absolute Gasteiger partial charge is 0.262 e. The van der Waals surface area contributed by atoms with E-state index in [1.807, 2.05) is 18.2 Å². The Bertz CT molecular complexity index is 856. The highest BCUT2D eigenvalue weighted by Crippen LogP contribution is 2.31. The molecule has 0 aromatic heterocycles. The van der Waals surface area contributed by atoms with Crippen molar-refractivity contribution in [2.24, 2.45) is 0 Å². The lowest BCUT2D eigenvalue weighted by molar-refractivity contribution is -0.118. The summed E-state index contributed by atoms with van der Waals surface area (Å²) in [6, 6.07) is 10.8. The van der Waals surface area contributed by atoms with Gasteiger partial charge in [-0.25, -0.2) is 0 Å². The van der Waals surface area contributed by atoms with Gasteiger partial charge in [-0.2, -0.15) is 0 Å². The summed E-state index contributed by atoms with van der Waals surface area (Å²) >= 11 is 3.33. The van der Waals surface area contributed by atoms with Gasteiger partial charge in [0.2, 0.25) is 0 Å². The molecule has 1 N–H and O–H groups in total. The Kier molecular flexibility index (Phi) is 6.65. The topological polar surface area (TPSA) is 64.6 Å². The number of hydrogen-bond acceptors (Lipinski definition) is 4. The first-order valence-electron chi connectivity index (χ1n) is 8.53. The van der Waals surface area contributed by atoms with Gasteiger partial charge in [0, 0.05) is 4.47 Å². The maximum absolute atomic E-state index is 12.4. The molecule has 0 saturated carbocycles. The lowest BCUT2D eigenvalue weighted by Gasteiger charge is -2.21. The quantitative estimate of drug-likeness (QED) is 0.652. The average Bonchev–Trinajstić information content (AvgIpc) is 2.59. The van der Waals surface area contributed by atoms with Crippen LogP contribution in [0.1, 0.15) is 43.6 Å². The van der Waals surface area contributed by atoms with Crippen molar-refractivity contribution in [3.8, 4) is 11.5 Å². The van der Waals surface area contributed by atoms with Crippen LogP contribution in [0.15, 0.2) is 40.9 Å². The normalized spacial score (nSPS) is 11.0. The summed E-state index contributed by atoms with van der Waals surface area (Å²) < 4.78 is 11.7. The molecular formula is C21H24BrNO4. The number of methoxy groups -OCH3 is 1. The average molecular weight is 434 g/mol. The van der Waals surface area contributed by atoms with Gasteiger partial charge < -0.3 is 14.8 Å². The van der Waals surface area contributed by atoms with Crippen molar-refractivity contribution in [3.63, 3.8) is 0 Å². The number of Topliss-reactive ketones (excluding diaryl/α,β-unsaturated/α-hetero) is 1. The summed E-state index contributed by atoms with van der Waals surface area (Å²) in [5, 5.41) is 2.82. The second kappa shape index (κ2) is 8.57. The van der Waals surface area contributed by atoms with Crippen LogP contribution in [-0.4, -0.2) is 25.4 Å². The van der Waals surface area contributed by atoms with Gasteiger partial charge in [-0.3, -0.25) is 9.59 Å². The fourth-order valence-corrected chi connectivity index (χ4v) is 2.87. The highest BCUT2D eigenvalue weighted by Gasteiger charge is 2.17. The molecule has 144 valence electrons. The van der Waals surface area contributed by atoms with Gasteiger partial charge in [0.05, 0.1) is 18.4 Å². The molecule has 0 heterocycles. The molecule has 1 amide bonds. The van der Waals surface area contributed by atoms with E-state index in [9.17, 15) is 9.59 Å². The molecule has 5 nitrogen and oxygen atoms in total. The first-order valence-corrected chi connectivity index (χ1v) is 9.33. The lowest BCUT2D eigenvalue weighted by Crippen LogP contribution is -2.21. The number of ketones is 1. The van der Waals surface area contributed by atoms with E-state index >= 15 is 0 Å². The Morgan fingerprint density at radius 2 is 1.74 bits per heavy atom. The number of carbonyl (C=O) groups is 2. The molecule has 2 rings (SSSR count). The number of ether oxygens (including phenoxy) is 2. The van der Waals surface area contributed by atoms with Gasteiger partial charge >= 0.3 is 0 Å². The van der Waals surface area contributed by atoms with Crippen LogP contribution in [0.3, 0.4) is 0 Å². The molecule has 0 aliphatic rings. The van der Waals surface area contributed by atoms with Crippen molar-refractivity contribution < 1.29 is 19.1 Å². The molecule has 0 spiro atoms. The summed E-state index contributed by atoms with van der Waals surface area (Å²) in [6.07, 6.45) is 0. The highest BCUT2D eigenvalue weighted by atomic mass is 79.9. The molecule has 0 aliphatic carbocycles. The monoisotopic (exact) mass is 433 g/mol. The van der Waals surface area contributed by atoms with Gasteiger partial charge in [0.15, 0.2) is 12.4 Å². The summed E-state index contributed by atoms with van der Waals surface area (Å²) in [4.78, 5) is 24.1. The molecule has 27 heavy (non-hydrogen) atoms. The number of benzene rings is 2. The van der Waals surface area contributed by atoms with Crippen molar-refractivity contribution in [1.29, 1.82) is 0 Å². The first kappa shape index (κ1) is 21.0. The van der Waals surface area contributed by atoms with Crippen LogP contribution < -0.4 is 14.8 Å². The van der Waals surface area contributed by atoms with Crippen LogP contribution in [0, 0.1) is 0 Å². The third-order valence-corrected chi connectivity index (χ3v) is 4.51. The Morgan fingerprint density at radius 3 is 2.33 bits per heavy atom. The van der Waals surface area contributed by atoms with Crippen molar-refractivity contribution >= 4 is 33.3 Å². The minimum atomic E-state index is -0.336. The predicted octanol–water partition coefficient (Wildman–Crippen LogP) is 4.98. The molecular weight excluding hydrogens is 410 g/mol. The molecule has 2 aromatic carbocycles. The number of rotatable bonds is 6. The molecule has 0 atom stereocenters. The van der Waals surface area contributed by atoms with Gasteiger partial charge in [0.1, 0.15) is 11.5 Å². The Labute approximate surface area is 168 Å². The van der Waals surface area contributed by atoms with Gasteiger partial charge in [-0.05, 0) is 48.2 Å². The summed E-state index contributed by atoms with van der Waals surface area (Å²) in [5.41, 5.74) is 2.02.